The largest absolute Gasteiger partial charge is 0.220 e. The highest BCUT2D eigenvalue weighted by Gasteiger charge is 2.37. The van der Waals surface area contributed by atoms with E-state index in [9.17, 15) is 0 Å². The summed E-state index contributed by atoms with van der Waals surface area (Å²) in [6.07, 6.45) is 3.34. The molecule has 0 N–H and O–H groups in total. The van der Waals surface area contributed by atoms with Gasteiger partial charge in [0, 0.05) is 6.07 Å². The van der Waals surface area contributed by atoms with Gasteiger partial charge in [-0.25, -0.2) is 4.57 Å². The zero-order valence-electron chi connectivity index (χ0n) is 23.5. The van der Waals surface area contributed by atoms with Crippen LogP contribution in [0, 0.1) is 31.6 Å². The minimum absolute atomic E-state index is 0.742. The Balaban J connectivity index is 2.26. The summed E-state index contributed by atoms with van der Waals surface area (Å²) in [5, 5.41) is 4.45. The number of hydrogen-bond acceptors (Lipinski definition) is 0. The summed E-state index contributed by atoms with van der Waals surface area (Å²) in [6, 6.07) is 18.8. The lowest BCUT2D eigenvalue weighted by Gasteiger charge is -2.37. The van der Waals surface area contributed by atoms with Gasteiger partial charge >= 0.3 is 0 Å². The number of pyridine rings is 1. The van der Waals surface area contributed by atoms with Crippen molar-refractivity contribution in [2.75, 3.05) is 0 Å². The fourth-order valence-electron chi connectivity index (χ4n) is 6.37. The van der Waals surface area contributed by atoms with Crippen molar-refractivity contribution in [3.63, 3.8) is 0 Å². The number of hydrogen-bond donors (Lipinski definition) is 0. The zero-order valence-corrected chi connectivity index (χ0v) is 24.5. The lowest BCUT2D eigenvalue weighted by atomic mass is 9.93. The van der Waals surface area contributed by atoms with Crippen LogP contribution in [0.15, 0.2) is 42.6 Å². The van der Waals surface area contributed by atoms with E-state index in [1.807, 2.05) is 0 Å². The Bertz CT molecular complexity index is 1110. The number of nitrogens with zero attached hydrogens (tertiary/aromatic N) is 1. The monoisotopic (exact) mass is 474 g/mol. The van der Waals surface area contributed by atoms with Gasteiger partial charge in [-0.2, -0.15) is 0 Å². The molecule has 2 heteroatoms. The molecule has 0 aliphatic carbocycles. The first-order valence-corrected chi connectivity index (χ1v) is 16.1. The topological polar surface area (TPSA) is 3.88 Å². The number of fused-ring (bicyclic) bond motifs is 1. The van der Waals surface area contributed by atoms with Crippen LogP contribution in [0.4, 0.5) is 0 Å². The molecule has 0 aliphatic rings. The van der Waals surface area contributed by atoms with Gasteiger partial charge in [0.1, 0.15) is 7.05 Å². The van der Waals surface area contributed by atoms with Gasteiger partial charge in [0.25, 0.3) is 0 Å². The van der Waals surface area contributed by atoms with Crippen LogP contribution in [0.5, 0.6) is 0 Å². The Kier molecular flexibility index (Phi) is 8.45. The van der Waals surface area contributed by atoms with Crippen molar-refractivity contribution in [3.05, 3.63) is 59.3 Å². The van der Waals surface area contributed by atoms with Gasteiger partial charge < -0.3 is 0 Å². The third-order valence-corrected chi connectivity index (χ3v) is 13.9. The van der Waals surface area contributed by atoms with Gasteiger partial charge in [0.05, 0.1) is 19.0 Å². The first-order valence-electron chi connectivity index (χ1n) is 13.5. The summed E-state index contributed by atoms with van der Waals surface area (Å²) in [6.45, 7) is 21.3. The van der Waals surface area contributed by atoms with E-state index in [1.165, 1.54) is 56.9 Å². The third kappa shape index (κ3) is 5.65. The molecule has 0 saturated carbocycles. The standard InChI is InChI=1S/C32H48NSi/c1-11-27-16-25(8)26(9)31(17-27)32-30-13-12-29(18-28(30)14-15-33(32)10)34(19-22(2)3,20-23(4)5)21-24(6)7/h12-18,22-24H,11,19-21H2,1-10H3/q+1. The lowest BCUT2D eigenvalue weighted by Crippen LogP contribution is -2.50. The molecule has 1 nitrogen and oxygen atoms in total. The predicted molar refractivity (Wildman–Crippen MR) is 154 cm³/mol. The number of benzene rings is 2. The number of rotatable bonds is 9. The van der Waals surface area contributed by atoms with Gasteiger partial charge in [-0.3, -0.25) is 0 Å². The molecule has 0 aliphatic heterocycles. The van der Waals surface area contributed by atoms with E-state index in [-0.39, 0.29) is 0 Å². The van der Waals surface area contributed by atoms with E-state index < -0.39 is 8.07 Å². The molecule has 2 aromatic carbocycles. The van der Waals surface area contributed by atoms with Crippen molar-refractivity contribution in [3.8, 4) is 11.3 Å². The fraction of sp³-hybridized carbons (Fsp3) is 0.531. The van der Waals surface area contributed by atoms with Crippen molar-refractivity contribution >= 4 is 24.0 Å². The maximum atomic E-state index is 2.59. The molecule has 0 radical (unpaired) electrons. The quantitative estimate of drug-likeness (QED) is 0.218. The first-order chi connectivity index (χ1) is 16.0. The maximum Gasteiger partial charge on any atom is 0.220 e. The van der Waals surface area contributed by atoms with Crippen LogP contribution in [-0.4, -0.2) is 8.07 Å². The molecule has 0 saturated heterocycles. The van der Waals surface area contributed by atoms with Crippen molar-refractivity contribution < 1.29 is 4.57 Å². The van der Waals surface area contributed by atoms with E-state index in [0.717, 1.165) is 24.2 Å². The zero-order chi connectivity index (χ0) is 25.2. The number of aromatic nitrogens is 1. The lowest BCUT2D eigenvalue weighted by molar-refractivity contribution is -0.659. The molecule has 1 heterocycles. The normalized spacial score (nSPS) is 12.5. The Morgan fingerprint density at radius 2 is 1.38 bits per heavy atom. The van der Waals surface area contributed by atoms with E-state index in [2.05, 4.69) is 117 Å². The van der Waals surface area contributed by atoms with Gasteiger partial charge in [-0.1, -0.05) is 90.0 Å². The Morgan fingerprint density at radius 1 is 0.794 bits per heavy atom. The molecule has 0 spiro atoms. The minimum Gasteiger partial charge on any atom is -0.200 e. The minimum atomic E-state index is -1.63. The summed E-state index contributed by atoms with van der Waals surface area (Å²) in [7, 11) is 0.570. The molecule has 184 valence electrons. The summed E-state index contributed by atoms with van der Waals surface area (Å²) in [5.41, 5.74) is 6.94. The van der Waals surface area contributed by atoms with Crippen LogP contribution in [-0.2, 0) is 13.5 Å². The number of aryl methyl sites for hydroxylation is 3. The summed E-state index contributed by atoms with van der Waals surface area (Å²) < 4.78 is 2.32. The Morgan fingerprint density at radius 3 is 1.91 bits per heavy atom. The second-order valence-electron chi connectivity index (χ2n) is 12.1. The van der Waals surface area contributed by atoms with E-state index in [4.69, 9.17) is 0 Å². The van der Waals surface area contributed by atoms with E-state index >= 15 is 0 Å². The molecule has 0 fully saturated rings. The SMILES string of the molecule is CCc1cc(C)c(C)c(-c2c3ccc([Si](CC(C)C)(CC(C)C)CC(C)C)cc3cc[n+]2C)c1. The molecule has 1 aromatic heterocycles. The Labute approximate surface area is 210 Å². The van der Waals surface area contributed by atoms with E-state index in [0.29, 0.717) is 0 Å². The second kappa shape index (κ2) is 10.8. The van der Waals surface area contributed by atoms with Gasteiger partial charge in [0.2, 0.25) is 5.69 Å². The summed E-state index contributed by atoms with van der Waals surface area (Å²) in [4.78, 5) is 0. The van der Waals surface area contributed by atoms with Crippen LogP contribution in [0.2, 0.25) is 18.1 Å². The summed E-state index contributed by atoms with van der Waals surface area (Å²) >= 11 is 0. The Hall–Kier alpha value is -1.93. The highest BCUT2D eigenvalue weighted by atomic mass is 28.3. The highest BCUT2D eigenvalue weighted by molar-refractivity contribution is 6.92. The average Bonchev–Trinajstić information content (AvgIpc) is 2.74. The molecule has 3 aromatic rings. The van der Waals surface area contributed by atoms with Crippen molar-refractivity contribution in [1.29, 1.82) is 0 Å². The molecule has 34 heavy (non-hydrogen) atoms. The molecule has 3 rings (SSSR count). The molecule has 0 amide bonds. The van der Waals surface area contributed by atoms with Crippen LogP contribution >= 0.6 is 0 Å². The smallest absolute Gasteiger partial charge is 0.200 e. The van der Waals surface area contributed by atoms with Crippen molar-refractivity contribution in [1.82, 2.24) is 0 Å². The third-order valence-electron chi connectivity index (χ3n) is 7.54. The van der Waals surface area contributed by atoms with Crippen LogP contribution in [0.25, 0.3) is 22.0 Å². The van der Waals surface area contributed by atoms with Crippen molar-refractivity contribution in [2.45, 2.75) is 86.9 Å². The van der Waals surface area contributed by atoms with Crippen LogP contribution in [0.1, 0.15) is 65.2 Å². The highest BCUT2D eigenvalue weighted by Crippen LogP contribution is 2.35. The molecule has 0 unspecified atom stereocenters. The van der Waals surface area contributed by atoms with Crippen LogP contribution in [0.3, 0.4) is 0 Å². The maximum absolute atomic E-state index is 2.59. The second-order valence-corrected chi connectivity index (χ2v) is 16.5. The molecule has 0 bridgehead atoms. The fourth-order valence-corrected chi connectivity index (χ4v) is 13.2. The van der Waals surface area contributed by atoms with E-state index in [1.54, 1.807) is 5.19 Å². The molecular weight excluding hydrogens is 426 g/mol. The molecular formula is C32H48NSi+. The predicted octanol–water partition coefficient (Wildman–Crippen LogP) is 8.13. The van der Waals surface area contributed by atoms with Gasteiger partial charge in [0.15, 0.2) is 6.20 Å². The average molecular weight is 475 g/mol. The van der Waals surface area contributed by atoms with Crippen molar-refractivity contribution in [2.24, 2.45) is 24.8 Å². The van der Waals surface area contributed by atoms with Crippen LogP contribution < -0.4 is 9.75 Å². The first kappa shape index (κ1) is 26.7. The summed E-state index contributed by atoms with van der Waals surface area (Å²) in [5.74, 6) is 2.23. The van der Waals surface area contributed by atoms with Gasteiger partial charge in [-0.05, 0) is 72.2 Å². The molecule has 0 atom stereocenters. The van der Waals surface area contributed by atoms with Gasteiger partial charge in [-0.15, -0.1) is 0 Å².